The first-order valence-corrected chi connectivity index (χ1v) is 11.2. The number of aryl methyl sites for hydroxylation is 3. The van der Waals surface area contributed by atoms with Crippen molar-refractivity contribution in [2.45, 2.75) is 26.8 Å². The average molecular weight is 486 g/mol. The molecule has 0 spiro atoms. The molecule has 1 unspecified atom stereocenters. The van der Waals surface area contributed by atoms with Gasteiger partial charge >= 0.3 is 0 Å². The molecule has 0 radical (unpaired) electrons. The zero-order chi connectivity index (χ0) is 25.0. The van der Waals surface area contributed by atoms with E-state index in [0.717, 1.165) is 22.7 Å². The van der Waals surface area contributed by atoms with Crippen LogP contribution in [0, 0.1) is 20.8 Å². The Labute approximate surface area is 201 Å². The molecule has 3 amide bonds. The Bertz CT molecular complexity index is 1220. The predicted molar refractivity (Wildman–Crippen MR) is 129 cm³/mol. The van der Waals surface area contributed by atoms with Crippen LogP contribution < -0.4 is 21.7 Å². The number of rotatable bonds is 9. The number of nitrogens with zero attached hydrogens (tertiary/aromatic N) is 2. The van der Waals surface area contributed by atoms with Gasteiger partial charge in [-0.25, -0.2) is 0 Å². The minimum Gasteiger partial charge on any atom is -0.464 e. The van der Waals surface area contributed by atoms with Gasteiger partial charge in [0.2, 0.25) is 0 Å². The molecule has 2 heterocycles. The largest absolute Gasteiger partial charge is 0.464 e. The first-order chi connectivity index (χ1) is 16.1. The molecule has 0 aliphatic rings. The van der Waals surface area contributed by atoms with Gasteiger partial charge in [-0.1, -0.05) is 12.1 Å². The van der Waals surface area contributed by atoms with Gasteiger partial charge in [0.15, 0.2) is 11.7 Å². The van der Waals surface area contributed by atoms with E-state index in [0.29, 0.717) is 11.4 Å². The molecule has 0 aliphatic heterocycles. The Morgan fingerprint density at radius 3 is 2.53 bits per heavy atom. The molecule has 10 nitrogen and oxygen atoms in total. The van der Waals surface area contributed by atoms with E-state index >= 15 is 0 Å². The van der Waals surface area contributed by atoms with Crippen LogP contribution in [0.2, 0.25) is 0 Å². The number of nitrogens with one attached hydrogen (secondary N) is 1. The normalized spacial score (nSPS) is 11.8. The van der Waals surface area contributed by atoms with Crippen molar-refractivity contribution in [2.75, 3.05) is 30.9 Å². The summed E-state index contributed by atoms with van der Waals surface area (Å²) >= 11 is 0.747. The molecule has 0 bridgehead atoms. The molecule has 5 N–H and O–H groups in total. The Morgan fingerprint density at radius 2 is 1.94 bits per heavy atom. The summed E-state index contributed by atoms with van der Waals surface area (Å²) in [7, 11) is 1.52. The van der Waals surface area contributed by atoms with Crippen LogP contribution in [-0.2, 0) is 9.53 Å². The topological polar surface area (TPSA) is 154 Å². The number of primary amides is 1. The number of carbonyl (C=O) groups excluding carboxylic acids is 3. The van der Waals surface area contributed by atoms with Crippen molar-refractivity contribution < 1.29 is 23.5 Å². The maximum absolute atomic E-state index is 13.9. The molecule has 3 aromatic rings. The van der Waals surface area contributed by atoms with E-state index in [9.17, 15) is 14.4 Å². The minimum atomic E-state index is -1.17. The number of hydrogen-bond acceptors (Lipinski definition) is 8. The van der Waals surface area contributed by atoms with E-state index < -0.39 is 23.8 Å². The number of benzene rings is 1. The minimum absolute atomic E-state index is 0.00678. The van der Waals surface area contributed by atoms with Crippen LogP contribution in [0.5, 0.6) is 0 Å². The molecular weight excluding hydrogens is 458 g/mol. The molecule has 1 atom stereocenters. The molecule has 180 valence electrons. The number of nitrogens with two attached hydrogens (primary N) is 2. The summed E-state index contributed by atoms with van der Waals surface area (Å²) in [5.74, 6) is -1.09. The maximum Gasteiger partial charge on any atom is 0.273 e. The summed E-state index contributed by atoms with van der Waals surface area (Å²) < 4.78 is 14.8. The molecule has 2 aromatic heterocycles. The molecule has 0 aliphatic carbocycles. The molecule has 34 heavy (non-hydrogen) atoms. The third-order valence-electron chi connectivity index (χ3n) is 5.14. The van der Waals surface area contributed by atoms with E-state index in [4.69, 9.17) is 20.6 Å². The Hall–Kier alpha value is -3.70. The molecule has 1 aromatic carbocycles. The lowest BCUT2D eigenvalue weighted by Crippen LogP contribution is -2.45. The van der Waals surface area contributed by atoms with Gasteiger partial charge in [0.25, 0.3) is 17.7 Å². The number of nitrogen functional groups attached to an aromatic ring is 1. The number of amides is 3. The highest BCUT2D eigenvalue weighted by Crippen LogP contribution is 2.35. The smallest absolute Gasteiger partial charge is 0.273 e. The van der Waals surface area contributed by atoms with E-state index in [1.165, 1.54) is 12.0 Å². The van der Waals surface area contributed by atoms with Crippen LogP contribution in [-0.4, -0.2) is 42.4 Å². The lowest BCUT2D eigenvalue weighted by molar-refractivity contribution is -0.123. The molecule has 3 rings (SSSR count). The second kappa shape index (κ2) is 10.5. The zero-order valence-electron chi connectivity index (χ0n) is 19.4. The zero-order valence-corrected chi connectivity index (χ0v) is 20.2. The summed E-state index contributed by atoms with van der Waals surface area (Å²) in [6.07, 6.45) is 0. The van der Waals surface area contributed by atoms with E-state index in [2.05, 4.69) is 9.69 Å². The third kappa shape index (κ3) is 5.10. The highest BCUT2D eigenvalue weighted by molar-refractivity contribution is 7.09. The van der Waals surface area contributed by atoms with Gasteiger partial charge in [-0.05, 0) is 61.6 Å². The third-order valence-corrected chi connectivity index (χ3v) is 5.99. The van der Waals surface area contributed by atoms with Crippen LogP contribution in [0.25, 0.3) is 0 Å². The number of aromatic nitrogens is 1. The van der Waals surface area contributed by atoms with Gasteiger partial charge in [0.1, 0.15) is 16.4 Å². The van der Waals surface area contributed by atoms with Crippen molar-refractivity contribution in [2.24, 2.45) is 5.73 Å². The van der Waals surface area contributed by atoms with Gasteiger partial charge in [-0.15, -0.1) is 0 Å². The maximum atomic E-state index is 13.9. The SMILES string of the molecule is COCCNC(=O)C(c1ccc(C)o1)N(C(=O)c1snc(C(N)=O)c1N)c1cc(C)ccc1C. The van der Waals surface area contributed by atoms with Gasteiger partial charge in [-0.3, -0.25) is 19.3 Å². The first-order valence-electron chi connectivity index (χ1n) is 10.4. The second-order valence-electron chi connectivity index (χ2n) is 7.74. The monoisotopic (exact) mass is 485 g/mol. The number of furan rings is 1. The number of hydrogen-bond donors (Lipinski definition) is 3. The number of methoxy groups -OCH3 is 1. The van der Waals surface area contributed by atoms with Crippen LogP contribution in [0.1, 0.15) is 48.8 Å². The summed E-state index contributed by atoms with van der Waals surface area (Å²) in [5, 5.41) is 2.78. The van der Waals surface area contributed by atoms with Gasteiger partial charge in [-0.2, -0.15) is 4.37 Å². The number of ether oxygens (including phenoxy) is 1. The average Bonchev–Trinajstić information content (AvgIpc) is 3.39. The highest BCUT2D eigenvalue weighted by atomic mass is 32.1. The van der Waals surface area contributed by atoms with Crippen molar-refractivity contribution >= 4 is 40.6 Å². The Balaban J connectivity index is 2.21. The van der Waals surface area contributed by atoms with Gasteiger partial charge in [0.05, 0.1) is 12.3 Å². The summed E-state index contributed by atoms with van der Waals surface area (Å²) in [6.45, 7) is 5.97. The molecule has 11 heteroatoms. The molecular formula is C23H27N5O5S. The van der Waals surface area contributed by atoms with Crippen molar-refractivity contribution in [1.82, 2.24) is 9.69 Å². The van der Waals surface area contributed by atoms with Crippen LogP contribution in [0.3, 0.4) is 0 Å². The molecule has 0 saturated heterocycles. The number of anilines is 2. The van der Waals surface area contributed by atoms with Crippen LogP contribution >= 0.6 is 11.5 Å². The first kappa shape index (κ1) is 24.9. The van der Waals surface area contributed by atoms with Crippen molar-refractivity contribution in [1.29, 1.82) is 0 Å². The van der Waals surface area contributed by atoms with Crippen molar-refractivity contribution in [3.63, 3.8) is 0 Å². The van der Waals surface area contributed by atoms with E-state index in [1.54, 1.807) is 25.1 Å². The fourth-order valence-electron chi connectivity index (χ4n) is 3.43. The fourth-order valence-corrected chi connectivity index (χ4v) is 4.17. The van der Waals surface area contributed by atoms with Crippen LogP contribution in [0.4, 0.5) is 11.4 Å². The Kier molecular flexibility index (Phi) is 7.69. The summed E-state index contributed by atoms with van der Waals surface area (Å²) in [4.78, 5) is 40.4. The highest BCUT2D eigenvalue weighted by Gasteiger charge is 2.38. The predicted octanol–water partition coefficient (Wildman–Crippen LogP) is 2.49. The van der Waals surface area contributed by atoms with Crippen molar-refractivity contribution in [3.8, 4) is 0 Å². The van der Waals surface area contributed by atoms with E-state index in [1.807, 2.05) is 26.0 Å². The van der Waals surface area contributed by atoms with Crippen LogP contribution in [0.15, 0.2) is 34.7 Å². The van der Waals surface area contributed by atoms with Crippen molar-refractivity contribution in [3.05, 3.63) is 63.6 Å². The molecule has 0 saturated carbocycles. The fraction of sp³-hybridized carbons (Fsp3) is 0.304. The van der Waals surface area contributed by atoms with Gasteiger partial charge in [0, 0.05) is 19.3 Å². The Morgan fingerprint density at radius 1 is 1.21 bits per heavy atom. The molecule has 0 fully saturated rings. The lowest BCUT2D eigenvalue weighted by atomic mass is 10.0. The lowest BCUT2D eigenvalue weighted by Gasteiger charge is -2.31. The number of carbonyl (C=O) groups is 3. The second-order valence-corrected chi connectivity index (χ2v) is 8.51. The standard InChI is InChI=1S/C23H27N5O5S/c1-12-5-6-13(2)15(11-12)28(23(31)20-17(24)18(21(25)29)27-34-20)19(16-8-7-14(3)33-16)22(30)26-9-10-32-4/h5-8,11,19H,9-10,24H2,1-4H3,(H2,25,29)(H,26,30). The quantitative estimate of drug-likeness (QED) is 0.393. The summed E-state index contributed by atoms with van der Waals surface area (Å²) in [5.41, 5.74) is 13.2. The van der Waals surface area contributed by atoms with Gasteiger partial charge < -0.3 is 25.9 Å². The summed E-state index contributed by atoms with van der Waals surface area (Å²) in [6, 6.07) is 7.73. The van der Waals surface area contributed by atoms with E-state index in [-0.39, 0.29) is 35.2 Å².